The maximum Gasteiger partial charge on any atom is 0.137 e. The minimum absolute atomic E-state index is 0.0556. The first-order valence-corrected chi connectivity index (χ1v) is 14.1. The zero-order chi connectivity index (χ0) is 29.7. The number of aliphatic hydroxyl groups is 1. The summed E-state index contributed by atoms with van der Waals surface area (Å²) in [4.78, 5) is 7.57. The fourth-order valence-corrected chi connectivity index (χ4v) is 5.72. The number of nitrogens with one attached hydrogen (secondary N) is 1. The molecule has 3 aromatic carbocycles. The van der Waals surface area contributed by atoms with Crippen LogP contribution in [0.25, 0.3) is 0 Å². The van der Waals surface area contributed by atoms with Crippen molar-refractivity contribution >= 4 is 23.2 Å². The molecule has 218 valence electrons. The molecule has 0 fully saturated rings. The number of hydrogen-bond acceptors (Lipinski definition) is 6. The van der Waals surface area contributed by atoms with Crippen LogP contribution in [0.3, 0.4) is 0 Å². The summed E-state index contributed by atoms with van der Waals surface area (Å²) in [5.74, 6) is -1.15. The van der Waals surface area contributed by atoms with Crippen molar-refractivity contribution < 1.29 is 13.9 Å². The van der Waals surface area contributed by atoms with Gasteiger partial charge >= 0.3 is 0 Å². The monoisotopic (exact) mass is 611 g/mol. The Balaban J connectivity index is 0.000000169. The molecule has 2 N–H and O–H groups in total. The van der Waals surface area contributed by atoms with Crippen molar-refractivity contribution in [1.82, 2.24) is 34.8 Å². The number of fused-ring (bicyclic) bond motifs is 1. The van der Waals surface area contributed by atoms with Crippen molar-refractivity contribution in [3.63, 3.8) is 0 Å². The van der Waals surface area contributed by atoms with Gasteiger partial charge in [-0.3, -0.25) is 0 Å². The second-order valence-corrected chi connectivity index (χ2v) is 10.9. The van der Waals surface area contributed by atoms with Gasteiger partial charge in [-0.2, -0.15) is 10.2 Å². The van der Waals surface area contributed by atoms with Gasteiger partial charge < -0.3 is 10.4 Å². The van der Waals surface area contributed by atoms with E-state index in [2.05, 4.69) is 55.8 Å². The smallest absolute Gasteiger partial charge is 0.137 e. The Hall–Kier alpha value is -3.70. The number of benzene rings is 3. The second kappa shape index (κ2) is 13.1. The van der Waals surface area contributed by atoms with Crippen LogP contribution in [0.2, 0.25) is 10.0 Å². The normalized spacial score (nSPS) is 16.4. The molecule has 0 saturated heterocycles. The van der Waals surface area contributed by atoms with Crippen LogP contribution in [0.1, 0.15) is 47.1 Å². The minimum Gasteiger partial charge on any atom is -0.381 e. The molecule has 8 nitrogen and oxygen atoms in total. The predicted molar refractivity (Wildman–Crippen MR) is 156 cm³/mol. The molecule has 0 bridgehead atoms. The predicted octanol–water partition coefficient (Wildman–Crippen LogP) is 5.92. The van der Waals surface area contributed by atoms with E-state index in [0.717, 1.165) is 25.0 Å². The molecule has 0 radical (unpaired) electrons. The molecule has 2 heterocycles. The lowest BCUT2D eigenvalue weighted by molar-refractivity contribution is -0.00856. The first-order chi connectivity index (χ1) is 20.3. The summed E-state index contributed by atoms with van der Waals surface area (Å²) in [6.45, 7) is -0.148. The van der Waals surface area contributed by atoms with Crippen molar-refractivity contribution in [2.75, 3.05) is 7.05 Å². The van der Waals surface area contributed by atoms with Crippen LogP contribution in [0.15, 0.2) is 86.0 Å². The lowest BCUT2D eigenvalue weighted by atomic mass is 9.77. The molecule has 1 aliphatic carbocycles. The zero-order valence-corrected chi connectivity index (χ0v) is 24.2. The first kappa shape index (κ1) is 29.8. The standard InChI is InChI=1S/C17H17Cl2N.C13H12F2N6O/c1-20-17-9-7-12(13-4-2-3-5-14(13)17)11-6-8-15(18)16(19)10-11;14-10-1-2-11(12(15)3-10)13(22,4-20-8-16-6-18-20)5-21-9-17-7-19-21/h2-6,8,10,12,17,20H,7,9H2,1H3;1-3,6-9,22H,4-5H2/t12-,17-;/m0./s1. The second-order valence-electron chi connectivity index (χ2n) is 10.1. The summed E-state index contributed by atoms with van der Waals surface area (Å²) < 4.78 is 29.9. The molecule has 2 atom stereocenters. The van der Waals surface area contributed by atoms with Crippen molar-refractivity contribution in [2.45, 2.75) is 43.5 Å². The van der Waals surface area contributed by atoms with E-state index >= 15 is 0 Å². The van der Waals surface area contributed by atoms with Gasteiger partial charge in [-0.15, -0.1) is 0 Å². The summed E-state index contributed by atoms with van der Waals surface area (Å²) in [6, 6.07) is 18.1. The van der Waals surface area contributed by atoms with Gasteiger partial charge in [0.25, 0.3) is 0 Å². The third-order valence-electron chi connectivity index (χ3n) is 7.40. The molecule has 0 unspecified atom stereocenters. The van der Waals surface area contributed by atoms with E-state index < -0.39 is 17.2 Å². The van der Waals surface area contributed by atoms with E-state index in [9.17, 15) is 13.9 Å². The molecule has 1 aliphatic rings. The Bertz CT molecular complexity index is 1580. The highest BCUT2D eigenvalue weighted by molar-refractivity contribution is 6.42. The van der Waals surface area contributed by atoms with E-state index in [1.54, 1.807) is 0 Å². The zero-order valence-electron chi connectivity index (χ0n) is 22.7. The van der Waals surface area contributed by atoms with Gasteiger partial charge in [0.1, 0.15) is 42.5 Å². The van der Waals surface area contributed by atoms with E-state index in [1.807, 2.05) is 19.2 Å². The Morgan fingerprint density at radius 1 is 0.881 bits per heavy atom. The van der Waals surface area contributed by atoms with E-state index in [-0.39, 0.29) is 18.7 Å². The van der Waals surface area contributed by atoms with Crippen LogP contribution in [0.4, 0.5) is 8.78 Å². The Kier molecular flexibility index (Phi) is 9.27. The summed E-state index contributed by atoms with van der Waals surface area (Å²) >= 11 is 12.2. The number of aromatic nitrogens is 6. The van der Waals surface area contributed by atoms with Crippen LogP contribution in [0, 0.1) is 11.6 Å². The number of halogens is 4. The van der Waals surface area contributed by atoms with Gasteiger partial charge in [0.2, 0.25) is 0 Å². The third kappa shape index (κ3) is 6.68. The topological polar surface area (TPSA) is 93.7 Å². The Morgan fingerprint density at radius 3 is 2.12 bits per heavy atom. The third-order valence-corrected chi connectivity index (χ3v) is 8.14. The van der Waals surface area contributed by atoms with Crippen LogP contribution in [0.5, 0.6) is 0 Å². The summed E-state index contributed by atoms with van der Waals surface area (Å²) in [5, 5.41) is 23.4. The lowest BCUT2D eigenvalue weighted by Gasteiger charge is -2.32. The molecule has 5 aromatic rings. The van der Waals surface area contributed by atoms with Crippen LogP contribution >= 0.6 is 23.2 Å². The highest BCUT2D eigenvalue weighted by Gasteiger charge is 2.34. The van der Waals surface area contributed by atoms with Crippen molar-refractivity contribution in [1.29, 1.82) is 0 Å². The van der Waals surface area contributed by atoms with Crippen molar-refractivity contribution in [2.24, 2.45) is 0 Å². The van der Waals surface area contributed by atoms with Crippen LogP contribution < -0.4 is 5.32 Å². The summed E-state index contributed by atoms with van der Waals surface area (Å²) in [7, 11) is 2.03. The maximum atomic E-state index is 14.1. The van der Waals surface area contributed by atoms with Gasteiger partial charge in [-0.1, -0.05) is 59.6 Å². The largest absolute Gasteiger partial charge is 0.381 e. The molecule has 0 aliphatic heterocycles. The van der Waals surface area contributed by atoms with E-state index in [0.29, 0.717) is 22.0 Å². The van der Waals surface area contributed by atoms with Crippen LogP contribution in [-0.4, -0.2) is 41.7 Å². The molecule has 0 saturated carbocycles. The van der Waals surface area contributed by atoms with Crippen LogP contribution in [-0.2, 0) is 18.7 Å². The number of nitrogens with zero attached hydrogens (tertiary/aromatic N) is 6. The molecule has 12 heteroatoms. The number of hydrogen-bond donors (Lipinski definition) is 2. The van der Waals surface area contributed by atoms with Crippen molar-refractivity contribution in [3.05, 3.63) is 130 Å². The van der Waals surface area contributed by atoms with Gasteiger partial charge in [0, 0.05) is 23.6 Å². The molecule has 42 heavy (non-hydrogen) atoms. The fourth-order valence-electron chi connectivity index (χ4n) is 5.42. The van der Waals surface area contributed by atoms with Crippen molar-refractivity contribution in [3.8, 4) is 0 Å². The van der Waals surface area contributed by atoms with Gasteiger partial charge in [-0.05, 0) is 54.8 Å². The fraction of sp³-hybridized carbons (Fsp3) is 0.267. The lowest BCUT2D eigenvalue weighted by Crippen LogP contribution is -2.37. The van der Waals surface area contributed by atoms with Gasteiger partial charge in [0.05, 0.1) is 23.1 Å². The molecule has 2 aromatic heterocycles. The number of rotatable bonds is 7. The first-order valence-electron chi connectivity index (χ1n) is 13.3. The van der Waals surface area contributed by atoms with E-state index in [1.165, 1.54) is 57.4 Å². The average molecular weight is 613 g/mol. The highest BCUT2D eigenvalue weighted by atomic mass is 35.5. The SMILES string of the molecule is CN[C@H]1CC[C@@H](c2ccc(Cl)c(Cl)c2)c2ccccc21.OC(Cn1cncn1)(Cn1cncn1)c1ccc(F)cc1F. The quantitative estimate of drug-likeness (QED) is 0.237. The maximum absolute atomic E-state index is 14.1. The molecule has 0 amide bonds. The van der Waals surface area contributed by atoms with Gasteiger partial charge in [0.15, 0.2) is 0 Å². The highest BCUT2D eigenvalue weighted by Crippen LogP contribution is 2.42. The molecule has 6 rings (SSSR count). The summed E-state index contributed by atoms with van der Waals surface area (Å²) in [5.41, 5.74) is 2.30. The Morgan fingerprint density at radius 2 is 1.55 bits per heavy atom. The molecular formula is C30H29Cl2F2N7O. The molecule has 0 spiro atoms. The Labute approximate surface area is 252 Å². The summed E-state index contributed by atoms with van der Waals surface area (Å²) in [6.07, 6.45) is 7.66. The molecular weight excluding hydrogens is 583 g/mol. The van der Waals surface area contributed by atoms with Gasteiger partial charge in [-0.25, -0.2) is 28.1 Å². The minimum atomic E-state index is -1.70. The van der Waals surface area contributed by atoms with E-state index in [4.69, 9.17) is 23.2 Å². The average Bonchev–Trinajstić information content (AvgIpc) is 3.69.